The largest absolute Gasteiger partial charge is 0.347 e. The van der Waals surface area contributed by atoms with Gasteiger partial charge in [0.15, 0.2) is 4.91 Å². The highest BCUT2D eigenvalue weighted by atomic mass is 32.2. The van der Waals surface area contributed by atoms with Crippen LogP contribution in [0.25, 0.3) is 0 Å². The number of aryl methyl sites for hydroxylation is 1. The average Bonchev–Trinajstić information content (AvgIpc) is 3.10. The maximum absolute atomic E-state index is 13.7. The first-order valence-corrected chi connectivity index (χ1v) is 10.3. The third-order valence-corrected chi connectivity index (χ3v) is 6.93. The molecule has 2 heterocycles. The summed E-state index contributed by atoms with van der Waals surface area (Å²) in [4.78, 5) is 14.3. The van der Waals surface area contributed by atoms with E-state index >= 15 is 0 Å². The van der Waals surface area contributed by atoms with E-state index in [-0.39, 0.29) is 16.3 Å². The van der Waals surface area contributed by atoms with Crippen molar-refractivity contribution in [3.8, 4) is 0 Å². The van der Waals surface area contributed by atoms with Crippen LogP contribution >= 0.6 is 0 Å². The topological polar surface area (TPSA) is 66.5 Å². The highest BCUT2D eigenvalue weighted by molar-refractivity contribution is 7.96. The lowest BCUT2D eigenvalue weighted by atomic mass is 10.1. The minimum Gasteiger partial charge on any atom is -0.347 e. The van der Waals surface area contributed by atoms with Crippen LogP contribution < -0.4 is 10.2 Å². The molecule has 27 heavy (non-hydrogen) atoms. The van der Waals surface area contributed by atoms with Crippen LogP contribution in [-0.2, 0) is 21.2 Å². The van der Waals surface area contributed by atoms with Crippen LogP contribution in [0.1, 0.15) is 24.0 Å². The summed E-state index contributed by atoms with van der Waals surface area (Å²) in [5.74, 6) is -1.28. The quantitative estimate of drug-likeness (QED) is 0.881. The molecule has 2 aliphatic rings. The van der Waals surface area contributed by atoms with Gasteiger partial charge in [-0.3, -0.25) is 4.79 Å². The van der Waals surface area contributed by atoms with E-state index in [2.05, 4.69) is 5.32 Å². The van der Waals surface area contributed by atoms with Gasteiger partial charge in [0.05, 0.1) is 10.6 Å². The van der Waals surface area contributed by atoms with E-state index in [9.17, 15) is 17.6 Å². The molecule has 0 spiro atoms. The summed E-state index contributed by atoms with van der Waals surface area (Å²) >= 11 is 0. The lowest BCUT2D eigenvalue weighted by Gasteiger charge is -2.30. The molecule has 0 saturated carbocycles. The van der Waals surface area contributed by atoms with Crippen LogP contribution in [0.4, 0.5) is 10.1 Å². The number of hydrogen-bond acceptors (Lipinski definition) is 4. The normalized spacial score (nSPS) is 17.5. The molecule has 5 nitrogen and oxygen atoms in total. The van der Waals surface area contributed by atoms with Gasteiger partial charge < -0.3 is 10.2 Å². The average molecular weight is 386 g/mol. The summed E-state index contributed by atoms with van der Waals surface area (Å²) in [7, 11) is -4.09. The molecule has 0 unspecified atom stereocenters. The summed E-state index contributed by atoms with van der Waals surface area (Å²) in [5.41, 5.74) is 2.87. The number of sulfone groups is 1. The molecule has 0 radical (unpaired) electrons. The number of hydrogen-bond donors (Lipinski definition) is 1. The third kappa shape index (κ3) is 2.92. The van der Waals surface area contributed by atoms with Crippen LogP contribution in [0, 0.1) is 12.7 Å². The number of rotatable bonds is 3. The standard InChI is InChI=1S/C20H19FN2O3S/c1-13-5-2-3-6-14(13)12-22-20(24)19-17-7-4-10-23(17)16-9-8-15(21)11-18(16)27(19,25)26/h2-3,5-6,8-9,11H,4,7,10,12H2,1H3,(H,22,24). The Morgan fingerprint density at radius 2 is 2.00 bits per heavy atom. The van der Waals surface area contributed by atoms with Crippen molar-refractivity contribution in [1.82, 2.24) is 5.32 Å². The number of allylic oxidation sites excluding steroid dienone is 1. The molecule has 0 aliphatic carbocycles. The van der Waals surface area contributed by atoms with Crippen molar-refractivity contribution in [1.29, 1.82) is 0 Å². The van der Waals surface area contributed by atoms with Crippen LogP contribution in [0.2, 0.25) is 0 Å². The summed E-state index contributed by atoms with van der Waals surface area (Å²) in [6.45, 7) is 2.77. The highest BCUT2D eigenvalue weighted by Crippen LogP contribution is 2.43. The number of nitrogens with zero attached hydrogens (tertiary/aromatic N) is 1. The van der Waals surface area contributed by atoms with Crippen LogP contribution in [-0.4, -0.2) is 20.9 Å². The SMILES string of the molecule is Cc1ccccc1CNC(=O)C1=C2CCCN2c2ccc(F)cc2S1(=O)=O. The van der Waals surface area contributed by atoms with Gasteiger partial charge in [0.2, 0.25) is 9.84 Å². The molecule has 1 fully saturated rings. The molecule has 140 valence electrons. The summed E-state index contributed by atoms with van der Waals surface area (Å²) in [6.07, 6.45) is 1.25. The molecule has 2 aromatic carbocycles. The van der Waals surface area contributed by atoms with Gasteiger partial charge in [-0.25, -0.2) is 12.8 Å². The fourth-order valence-corrected chi connectivity index (χ4v) is 5.46. The molecule has 0 aromatic heterocycles. The van der Waals surface area contributed by atoms with Crippen molar-refractivity contribution in [3.63, 3.8) is 0 Å². The zero-order chi connectivity index (χ0) is 19.2. The van der Waals surface area contributed by atoms with E-state index in [1.807, 2.05) is 36.1 Å². The molecular formula is C20H19FN2O3S. The van der Waals surface area contributed by atoms with Gasteiger partial charge in [0, 0.05) is 18.8 Å². The molecule has 7 heteroatoms. The second-order valence-corrected chi connectivity index (χ2v) is 8.61. The Balaban J connectivity index is 1.73. The Kier molecular flexibility index (Phi) is 4.26. The molecule has 4 rings (SSSR count). The lowest BCUT2D eigenvalue weighted by Crippen LogP contribution is -2.35. The fourth-order valence-electron chi connectivity index (χ4n) is 3.69. The highest BCUT2D eigenvalue weighted by Gasteiger charge is 2.41. The van der Waals surface area contributed by atoms with Gasteiger partial charge in [-0.15, -0.1) is 0 Å². The number of benzene rings is 2. The Bertz CT molecular complexity index is 1080. The summed E-state index contributed by atoms with van der Waals surface area (Å²) < 4.78 is 39.9. The van der Waals surface area contributed by atoms with Crippen molar-refractivity contribution in [3.05, 3.63) is 70.0 Å². The van der Waals surface area contributed by atoms with E-state index in [1.54, 1.807) is 0 Å². The monoisotopic (exact) mass is 386 g/mol. The number of amides is 1. The smallest absolute Gasteiger partial charge is 0.265 e. The minimum atomic E-state index is -4.09. The number of halogens is 1. The first kappa shape index (κ1) is 17.7. The molecule has 1 saturated heterocycles. The number of carbonyl (C=O) groups is 1. The minimum absolute atomic E-state index is 0.144. The van der Waals surface area contributed by atoms with Crippen molar-refractivity contribution in [2.75, 3.05) is 11.4 Å². The predicted molar refractivity (Wildman–Crippen MR) is 100 cm³/mol. The van der Waals surface area contributed by atoms with Crippen LogP contribution in [0.3, 0.4) is 0 Å². The molecule has 2 aromatic rings. The first-order chi connectivity index (χ1) is 12.9. The zero-order valence-electron chi connectivity index (χ0n) is 14.8. The Morgan fingerprint density at radius 3 is 2.78 bits per heavy atom. The summed E-state index contributed by atoms with van der Waals surface area (Å²) in [5, 5.41) is 2.73. The number of carbonyl (C=O) groups excluding carboxylic acids is 1. The van der Waals surface area contributed by atoms with Crippen LogP contribution in [0.5, 0.6) is 0 Å². The van der Waals surface area contributed by atoms with Gasteiger partial charge in [-0.2, -0.15) is 0 Å². The second kappa shape index (κ2) is 6.49. The van der Waals surface area contributed by atoms with Gasteiger partial charge >= 0.3 is 0 Å². The van der Waals surface area contributed by atoms with Crippen molar-refractivity contribution < 1.29 is 17.6 Å². The van der Waals surface area contributed by atoms with Gasteiger partial charge in [-0.1, -0.05) is 24.3 Å². The maximum Gasteiger partial charge on any atom is 0.265 e. The molecule has 1 amide bonds. The zero-order valence-corrected chi connectivity index (χ0v) is 15.6. The lowest BCUT2D eigenvalue weighted by molar-refractivity contribution is -0.117. The van der Waals surface area contributed by atoms with E-state index in [4.69, 9.17) is 0 Å². The van der Waals surface area contributed by atoms with E-state index in [0.717, 1.165) is 23.6 Å². The molecule has 2 aliphatic heterocycles. The number of nitrogens with one attached hydrogen (secondary N) is 1. The van der Waals surface area contributed by atoms with Crippen molar-refractivity contribution >= 4 is 21.4 Å². The second-order valence-electron chi connectivity index (χ2n) is 6.76. The molecule has 1 N–H and O–H groups in total. The van der Waals surface area contributed by atoms with E-state index < -0.39 is 21.6 Å². The van der Waals surface area contributed by atoms with Crippen molar-refractivity contribution in [2.24, 2.45) is 0 Å². The summed E-state index contributed by atoms with van der Waals surface area (Å²) in [6, 6.07) is 11.3. The molecular weight excluding hydrogens is 367 g/mol. The Labute approximate surface area is 157 Å². The number of fused-ring (bicyclic) bond motifs is 3. The van der Waals surface area contributed by atoms with Crippen molar-refractivity contribution in [2.45, 2.75) is 31.2 Å². The van der Waals surface area contributed by atoms with Gasteiger partial charge in [0.25, 0.3) is 5.91 Å². The Hall–Kier alpha value is -2.67. The fraction of sp³-hybridized carbons (Fsp3) is 0.250. The van der Waals surface area contributed by atoms with Crippen LogP contribution in [0.15, 0.2) is 58.0 Å². The van der Waals surface area contributed by atoms with E-state index in [0.29, 0.717) is 24.4 Å². The third-order valence-electron chi connectivity index (χ3n) is 5.06. The van der Waals surface area contributed by atoms with E-state index in [1.165, 1.54) is 12.1 Å². The number of anilines is 1. The Morgan fingerprint density at radius 1 is 1.22 bits per heavy atom. The maximum atomic E-state index is 13.7. The van der Waals surface area contributed by atoms with Gasteiger partial charge in [0.1, 0.15) is 5.82 Å². The predicted octanol–water partition coefficient (Wildman–Crippen LogP) is 3.05. The molecule has 0 atom stereocenters. The van der Waals surface area contributed by atoms with Gasteiger partial charge in [-0.05, 0) is 49.1 Å². The first-order valence-electron chi connectivity index (χ1n) is 8.77. The molecule has 0 bridgehead atoms.